The minimum absolute atomic E-state index is 0.0312. The molecule has 0 radical (unpaired) electrons. The van der Waals surface area contributed by atoms with Gasteiger partial charge >= 0.3 is 0 Å². The van der Waals surface area contributed by atoms with Crippen molar-refractivity contribution in [1.29, 1.82) is 0 Å². The lowest BCUT2D eigenvalue weighted by Gasteiger charge is -2.39. The average Bonchev–Trinajstić information content (AvgIpc) is 3.00. The fourth-order valence-electron chi connectivity index (χ4n) is 4.69. The number of rotatable bonds is 4. The van der Waals surface area contributed by atoms with Crippen LogP contribution in [0.2, 0.25) is 0 Å². The van der Waals surface area contributed by atoms with E-state index in [-0.39, 0.29) is 6.73 Å². The molecule has 0 spiro atoms. The fraction of sp³-hybridized carbons (Fsp3) is 0.684. The molecule has 0 aromatic carbocycles. The van der Waals surface area contributed by atoms with E-state index in [0.29, 0.717) is 5.92 Å². The zero-order valence-electron chi connectivity index (χ0n) is 15.1. The first-order valence-corrected chi connectivity index (χ1v) is 9.61. The second kappa shape index (κ2) is 7.40. The highest BCUT2D eigenvalue weighted by atomic mass is 16.3. The van der Waals surface area contributed by atoms with Gasteiger partial charge in [-0.15, -0.1) is 0 Å². The van der Waals surface area contributed by atoms with Crippen LogP contribution in [0.5, 0.6) is 0 Å². The minimum atomic E-state index is -0.0312. The molecular weight excluding hydrogens is 314 g/mol. The normalized spacial score (nSPS) is 25.5. The molecule has 2 aromatic heterocycles. The molecule has 1 saturated heterocycles. The van der Waals surface area contributed by atoms with Crippen molar-refractivity contribution >= 4 is 11.0 Å². The monoisotopic (exact) mass is 343 g/mol. The Morgan fingerprint density at radius 1 is 1.16 bits per heavy atom. The van der Waals surface area contributed by atoms with Crippen LogP contribution in [0.1, 0.15) is 36.9 Å². The van der Waals surface area contributed by atoms with Crippen LogP contribution < -0.4 is 5.32 Å². The van der Waals surface area contributed by atoms with Gasteiger partial charge in [-0.25, -0.2) is 9.97 Å². The van der Waals surface area contributed by atoms with Gasteiger partial charge in [0.25, 0.3) is 0 Å². The van der Waals surface area contributed by atoms with E-state index in [1.54, 1.807) is 10.9 Å². The van der Waals surface area contributed by atoms with Crippen molar-refractivity contribution < 1.29 is 5.11 Å². The third kappa shape index (κ3) is 3.43. The second-order valence-electron chi connectivity index (χ2n) is 7.61. The van der Waals surface area contributed by atoms with Gasteiger partial charge in [-0.3, -0.25) is 4.90 Å². The van der Waals surface area contributed by atoms with Crippen molar-refractivity contribution in [3.8, 4) is 0 Å². The molecule has 0 amide bonds. The topological polar surface area (TPSA) is 66.2 Å². The summed E-state index contributed by atoms with van der Waals surface area (Å²) in [6.07, 6.45) is 9.87. The summed E-state index contributed by atoms with van der Waals surface area (Å²) < 4.78 is 1.80. The van der Waals surface area contributed by atoms with Gasteiger partial charge in [-0.2, -0.15) is 0 Å². The quantitative estimate of drug-likeness (QED) is 0.884. The number of piperazine rings is 1. The van der Waals surface area contributed by atoms with Crippen molar-refractivity contribution in [2.45, 2.75) is 51.8 Å². The van der Waals surface area contributed by atoms with Crippen molar-refractivity contribution in [3.63, 3.8) is 0 Å². The van der Waals surface area contributed by atoms with Gasteiger partial charge in [0, 0.05) is 43.8 Å². The fourth-order valence-corrected chi connectivity index (χ4v) is 4.69. The maximum absolute atomic E-state index is 9.51. The summed E-state index contributed by atoms with van der Waals surface area (Å²) in [5, 5.41) is 14.1. The molecule has 4 rings (SSSR count). The predicted octanol–water partition coefficient (Wildman–Crippen LogP) is 1.70. The number of aromatic nitrogens is 3. The summed E-state index contributed by atoms with van der Waals surface area (Å²) in [7, 11) is 0. The van der Waals surface area contributed by atoms with Crippen LogP contribution in [-0.2, 0) is 13.2 Å². The Bertz CT molecular complexity index is 714. The SMILES string of the molecule is Cc1cn(CO)c2ncnc(CC3CCC(N4CCNCC4)CC3)c12. The van der Waals surface area contributed by atoms with Crippen LogP contribution in [0.4, 0.5) is 0 Å². The van der Waals surface area contributed by atoms with Gasteiger partial charge in [0.2, 0.25) is 0 Å². The van der Waals surface area contributed by atoms with Gasteiger partial charge in [-0.05, 0) is 50.5 Å². The van der Waals surface area contributed by atoms with Crippen LogP contribution in [0, 0.1) is 12.8 Å². The van der Waals surface area contributed by atoms with Crippen molar-refractivity contribution in [1.82, 2.24) is 24.8 Å². The van der Waals surface area contributed by atoms with Crippen LogP contribution >= 0.6 is 0 Å². The molecule has 3 heterocycles. The van der Waals surface area contributed by atoms with Crippen molar-refractivity contribution in [3.05, 3.63) is 23.8 Å². The summed E-state index contributed by atoms with van der Waals surface area (Å²) in [6.45, 7) is 6.74. The van der Waals surface area contributed by atoms with Gasteiger partial charge in [0.1, 0.15) is 18.7 Å². The van der Waals surface area contributed by atoms with E-state index in [1.165, 1.54) is 38.8 Å². The summed E-state index contributed by atoms with van der Waals surface area (Å²) in [6, 6.07) is 0.779. The Morgan fingerprint density at radius 3 is 2.64 bits per heavy atom. The van der Waals surface area contributed by atoms with Gasteiger partial charge in [0.05, 0.1) is 5.69 Å². The largest absolute Gasteiger partial charge is 0.376 e. The molecule has 0 atom stereocenters. The van der Waals surface area contributed by atoms with Gasteiger partial charge in [0.15, 0.2) is 0 Å². The van der Waals surface area contributed by atoms with E-state index >= 15 is 0 Å². The number of aliphatic hydroxyl groups excluding tert-OH is 1. The standard InChI is InChI=1S/C19H29N5O/c1-14-11-24(13-25)19-18(14)17(21-12-22-19)10-15-2-4-16(5-3-15)23-8-6-20-7-9-23/h11-12,15-16,20,25H,2-10,13H2,1H3. The lowest BCUT2D eigenvalue weighted by molar-refractivity contribution is 0.121. The molecule has 6 heteroatoms. The molecule has 1 saturated carbocycles. The lowest BCUT2D eigenvalue weighted by atomic mass is 9.82. The molecule has 6 nitrogen and oxygen atoms in total. The smallest absolute Gasteiger partial charge is 0.145 e. The van der Waals surface area contributed by atoms with E-state index in [9.17, 15) is 5.11 Å². The summed E-state index contributed by atoms with van der Waals surface area (Å²) in [4.78, 5) is 11.7. The number of hydrogen-bond donors (Lipinski definition) is 2. The third-order valence-electron chi connectivity index (χ3n) is 6.04. The molecule has 2 aliphatic rings. The van der Waals surface area contributed by atoms with Gasteiger partial charge in [-0.1, -0.05) is 0 Å². The average molecular weight is 343 g/mol. The Morgan fingerprint density at radius 2 is 1.92 bits per heavy atom. The minimum Gasteiger partial charge on any atom is -0.376 e. The highest BCUT2D eigenvalue weighted by Crippen LogP contribution is 2.32. The Hall–Kier alpha value is -1.50. The van der Waals surface area contributed by atoms with Crippen molar-refractivity contribution in [2.75, 3.05) is 26.2 Å². The number of fused-ring (bicyclic) bond motifs is 1. The van der Waals surface area contributed by atoms with Crippen LogP contribution in [0.3, 0.4) is 0 Å². The molecule has 2 fully saturated rings. The number of nitrogens with one attached hydrogen (secondary N) is 1. The number of nitrogens with zero attached hydrogens (tertiary/aromatic N) is 4. The molecule has 1 aliphatic carbocycles. The molecule has 2 N–H and O–H groups in total. The second-order valence-corrected chi connectivity index (χ2v) is 7.61. The lowest BCUT2D eigenvalue weighted by Crippen LogP contribution is -2.49. The Kier molecular flexibility index (Phi) is 5.01. The highest BCUT2D eigenvalue weighted by molar-refractivity contribution is 5.82. The zero-order chi connectivity index (χ0) is 17.2. The molecule has 1 aliphatic heterocycles. The molecule has 136 valence electrons. The molecule has 0 unspecified atom stereocenters. The van der Waals surface area contributed by atoms with Crippen molar-refractivity contribution in [2.24, 2.45) is 5.92 Å². The summed E-state index contributed by atoms with van der Waals surface area (Å²) in [5.74, 6) is 0.717. The Labute approximate surface area is 149 Å². The number of aliphatic hydroxyl groups is 1. The van der Waals surface area contributed by atoms with E-state index in [0.717, 1.165) is 47.8 Å². The van der Waals surface area contributed by atoms with Crippen LogP contribution in [0.25, 0.3) is 11.0 Å². The molecule has 0 bridgehead atoms. The first-order valence-electron chi connectivity index (χ1n) is 9.61. The number of aryl methyl sites for hydroxylation is 1. The zero-order valence-corrected chi connectivity index (χ0v) is 15.1. The maximum atomic E-state index is 9.51. The van der Waals surface area contributed by atoms with E-state index < -0.39 is 0 Å². The first-order chi connectivity index (χ1) is 12.3. The summed E-state index contributed by atoms with van der Waals surface area (Å²) >= 11 is 0. The maximum Gasteiger partial charge on any atom is 0.145 e. The molecular formula is C19H29N5O. The van der Waals surface area contributed by atoms with Crippen LogP contribution in [-0.4, -0.2) is 56.8 Å². The first kappa shape index (κ1) is 16.9. The predicted molar refractivity (Wildman–Crippen MR) is 98.4 cm³/mol. The van der Waals surface area contributed by atoms with Gasteiger partial charge < -0.3 is 15.0 Å². The van der Waals surface area contributed by atoms with E-state index in [2.05, 4.69) is 27.1 Å². The number of hydrogen-bond acceptors (Lipinski definition) is 5. The summed E-state index contributed by atoms with van der Waals surface area (Å²) in [5.41, 5.74) is 3.17. The molecule has 25 heavy (non-hydrogen) atoms. The molecule has 2 aromatic rings. The third-order valence-corrected chi connectivity index (χ3v) is 6.04. The van der Waals surface area contributed by atoms with Crippen LogP contribution in [0.15, 0.2) is 12.5 Å². The Balaban J connectivity index is 1.43. The highest BCUT2D eigenvalue weighted by Gasteiger charge is 2.27. The van der Waals surface area contributed by atoms with E-state index in [4.69, 9.17) is 0 Å². The van der Waals surface area contributed by atoms with E-state index in [1.807, 2.05) is 6.20 Å².